The van der Waals surface area contributed by atoms with Crippen LogP contribution in [0.1, 0.15) is 72.6 Å². The van der Waals surface area contributed by atoms with E-state index in [9.17, 15) is 40.2 Å². The summed E-state index contributed by atoms with van der Waals surface area (Å²) in [4.78, 5) is 25.4. The molecular weight excluding hydrogens is 492 g/mol. The molecule has 5 aliphatic rings. The summed E-state index contributed by atoms with van der Waals surface area (Å²) in [5.41, 5.74) is -3.74. The zero-order chi connectivity index (χ0) is 28.0. The Hall–Kier alpha value is -1.36. The van der Waals surface area contributed by atoms with Crippen molar-refractivity contribution in [3.8, 4) is 0 Å². The number of ether oxygens (including phenoxy) is 1. The van der Waals surface area contributed by atoms with Crippen LogP contribution in [0.15, 0.2) is 11.6 Å². The van der Waals surface area contributed by atoms with Gasteiger partial charge in [-0.2, -0.15) is 0 Å². The van der Waals surface area contributed by atoms with Gasteiger partial charge in [-0.15, -0.1) is 0 Å². The highest BCUT2D eigenvalue weighted by Crippen LogP contribution is 2.68. The van der Waals surface area contributed by atoms with Crippen LogP contribution in [0.3, 0.4) is 0 Å². The van der Waals surface area contributed by atoms with Crippen molar-refractivity contribution in [2.24, 2.45) is 40.4 Å². The van der Waals surface area contributed by atoms with Gasteiger partial charge in [0.2, 0.25) is 0 Å². The SMILES string of the molecule is CC1C(=O)OCC(O)[C@@H]1CC(O)[C@](C)(O)[C@H]1CCC2(O)C3=CC(=O)[C@@H]4C[C@@H](O)[C@@H](O)C[C@]4(C)[C@H]3CC[C@]12C. The molecule has 4 fully saturated rings. The van der Waals surface area contributed by atoms with Gasteiger partial charge in [-0.1, -0.05) is 20.8 Å². The first-order chi connectivity index (χ1) is 17.6. The molecule has 0 amide bonds. The van der Waals surface area contributed by atoms with Gasteiger partial charge in [-0.05, 0) is 80.8 Å². The molecule has 1 saturated heterocycles. The Morgan fingerprint density at radius 2 is 1.76 bits per heavy atom. The third-order valence-corrected chi connectivity index (χ3v) is 11.9. The van der Waals surface area contributed by atoms with Crippen molar-refractivity contribution in [2.45, 2.75) is 108 Å². The molecule has 9 heteroatoms. The van der Waals surface area contributed by atoms with E-state index < -0.39 is 76.1 Å². The third kappa shape index (κ3) is 3.79. The van der Waals surface area contributed by atoms with Gasteiger partial charge >= 0.3 is 5.97 Å². The van der Waals surface area contributed by atoms with Crippen LogP contribution in [0, 0.1) is 40.4 Å². The topological polar surface area (TPSA) is 165 Å². The van der Waals surface area contributed by atoms with Gasteiger partial charge in [0.15, 0.2) is 5.78 Å². The molecule has 214 valence electrons. The number of carbonyl (C=O) groups is 2. The summed E-state index contributed by atoms with van der Waals surface area (Å²) in [6.45, 7) is 6.99. The van der Waals surface area contributed by atoms with E-state index in [1.54, 1.807) is 19.9 Å². The van der Waals surface area contributed by atoms with Gasteiger partial charge in [0, 0.05) is 17.3 Å². The number of cyclic esters (lactones) is 1. The van der Waals surface area contributed by atoms with Crippen molar-refractivity contribution < 1.29 is 45.0 Å². The Balaban J connectivity index is 1.43. The fourth-order valence-corrected chi connectivity index (χ4v) is 9.33. The van der Waals surface area contributed by atoms with E-state index in [4.69, 9.17) is 4.74 Å². The van der Waals surface area contributed by atoms with E-state index in [0.717, 1.165) is 0 Å². The van der Waals surface area contributed by atoms with Crippen LogP contribution >= 0.6 is 0 Å². The van der Waals surface area contributed by atoms with E-state index in [2.05, 4.69) is 0 Å². The second-order valence-electron chi connectivity index (χ2n) is 13.7. The number of rotatable bonds is 4. The van der Waals surface area contributed by atoms with Crippen LogP contribution in [0.2, 0.25) is 0 Å². The average molecular weight is 537 g/mol. The van der Waals surface area contributed by atoms with Crippen LogP contribution in [0.25, 0.3) is 0 Å². The number of fused-ring (bicyclic) bond motifs is 5. The molecule has 4 unspecified atom stereocenters. The number of ketones is 1. The van der Waals surface area contributed by atoms with E-state index >= 15 is 0 Å². The molecule has 0 spiro atoms. The zero-order valence-electron chi connectivity index (χ0n) is 22.8. The molecule has 0 bridgehead atoms. The van der Waals surface area contributed by atoms with Crippen molar-refractivity contribution >= 4 is 11.8 Å². The Bertz CT molecular complexity index is 1020. The number of aliphatic hydroxyl groups excluding tert-OH is 4. The average Bonchev–Trinajstić information content (AvgIpc) is 3.13. The summed E-state index contributed by atoms with van der Waals surface area (Å²) < 4.78 is 4.99. The molecular formula is C29H44O9. The molecule has 1 heterocycles. The second kappa shape index (κ2) is 9.08. The van der Waals surface area contributed by atoms with Crippen molar-refractivity contribution in [1.82, 2.24) is 0 Å². The monoisotopic (exact) mass is 536 g/mol. The van der Waals surface area contributed by atoms with E-state index in [1.807, 2.05) is 13.8 Å². The molecule has 38 heavy (non-hydrogen) atoms. The Labute approximate surface area is 223 Å². The fraction of sp³-hybridized carbons (Fsp3) is 0.862. The quantitative estimate of drug-likeness (QED) is 0.286. The third-order valence-electron chi connectivity index (χ3n) is 11.9. The van der Waals surface area contributed by atoms with Crippen molar-refractivity contribution in [3.05, 3.63) is 11.6 Å². The fourth-order valence-electron chi connectivity index (χ4n) is 9.33. The molecule has 13 atom stereocenters. The van der Waals surface area contributed by atoms with Crippen molar-refractivity contribution in [1.29, 1.82) is 0 Å². The highest BCUT2D eigenvalue weighted by Gasteiger charge is 2.69. The lowest BCUT2D eigenvalue weighted by Crippen LogP contribution is -2.63. The molecule has 5 rings (SSSR count). The summed E-state index contributed by atoms with van der Waals surface area (Å²) in [6.07, 6.45) is -0.0153. The molecule has 1 aliphatic heterocycles. The number of hydrogen-bond donors (Lipinski definition) is 6. The maximum Gasteiger partial charge on any atom is 0.309 e. The van der Waals surface area contributed by atoms with Crippen LogP contribution in [0.5, 0.6) is 0 Å². The molecule has 3 saturated carbocycles. The number of aliphatic hydroxyl groups is 6. The number of hydrogen-bond acceptors (Lipinski definition) is 9. The summed E-state index contributed by atoms with van der Waals surface area (Å²) in [7, 11) is 0. The number of carbonyl (C=O) groups excluding carboxylic acids is 2. The van der Waals surface area contributed by atoms with Crippen LogP contribution < -0.4 is 0 Å². The predicted octanol–water partition coefficient (Wildman–Crippen LogP) is 0.863. The summed E-state index contributed by atoms with van der Waals surface area (Å²) in [5, 5.41) is 66.7. The van der Waals surface area contributed by atoms with Gasteiger partial charge in [0.05, 0.1) is 41.5 Å². The van der Waals surface area contributed by atoms with Gasteiger partial charge in [-0.3, -0.25) is 9.59 Å². The molecule has 0 radical (unpaired) electrons. The lowest BCUT2D eigenvalue weighted by Gasteiger charge is -2.60. The van der Waals surface area contributed by atoms with Gasteiger partial charge in [0.25, 0.3) is 0 Å². The minimum atomic E-state index is -1.62. The Morgan fingerprint density at radius 3 is 2.45 bits per heavy atom. The van der Waals surface area contributed by atoms with E-state index in [0.29, 0.717) is 31.3 Å². The molecule has 0 aromatic carbocycles. The molecule has 9 nitrogen and oxygen atoms in total. The highest BCUT2D eigenvalue weighted by atomic mass is 16.5. The summed E-state index contributed by atoms with van der Waals surface area (Å²) in [6, 6.07) is 0. The number of esters is 1. The predicted molar refractivity (Wildman–Crippen MR) is 135 cm³/mol. The van der Waals surface area contributed by atoms with Crippen LogP contribution in [-0.2, 0) is 14.3 Å². The first kappa shape index (κ1) is 28.2. The van der Waals surface area contributed by atoms with Crippen LogP contribution in [-0.4, -0.2) is 84.6 Å². The molecule has 0 aromatic heterocycles. The second-order valence-corrected chi connectivity index (χ2v) is 13.7. The lowest BCUT2D eigenvalue weighted by atomic mass is 9.45. The first-order valence-corrected chi connectivity index (χ1v) is 14.2. The van der Waals surface area contributed by atoms with E-state index in [1.165, 1.54) is 0 Å². The Kier molecular flexibility index (Phi) is 6.73. The maximum atomic E-state index is 13.3. The summed E-state index contributed by atoms with van der Waals surface area (Å²) >= 11 is 0. The van der Waals surface area contributed by atoms with Crippen molar-refractivity contribution in [3.63, 3.8) is 0 Å². The standard InChI is InChI=1S/C29H44O9/c1-14-15(22(33)13-38-25(14)35)9-24(34)28(4,36)23-6-8-29(37)17-10-19(30)18-11-20(31)21(32)12-26(18,2)16(17)5-7-27(23,29)3/h10,14-16,18,20-24,31-34,36-37H,5-9,11-13H2,1-4H3/t14?,15-,16+,18+,20-,21+,22?,23+,24?,26-,27-,28-,29?/m1/s1. The minimum Gasteiger partial charge on any atom is -0.463 e. The van der Waals surface area contributed by atoms with Gasteiger partial charge in [-0.25, -0.2) is 0 Å². The molecule has 0 aromatic rings. The first-order valence-electron chi connectivity index (χ1n) is 14.2. The summed E-state index contributed by atoms with van der Waals surface area (Å²) in [5.74, 6) is -2.81. The van der Waals surface area contributed by atoms with Gasteiger partial charge < -0.3 is 35.4 Å². The Morgan fingerprint density at radius 1 is 1.08 bits per heavy atom. The number of allylic oxidation sites excluding steroid dienone is 1. The normalized spacial score (nSPS) is 51.2. The minimum absolute atomic E-state index is 0.0131. The van der Waals surface area contributed by atoms with Crippen LogP contribution in [0.4, 0.5) is 0 Å². The van der Waals surface area contributed by atoms with E-state index in [-0.39, 0.29) is 37.6 Å². The largest absolute Gasteiger partial charge is 0.463 e. The maximum absolute atomic E-state index is 13.3. The molecule has 4 aliphatic carbocycles. The van der Waals surface area contributed by atoms with Crippen molar-refractivity contribution in [2.75, 3.05) is 6.61 Å². The molecule has 6 N–H and O–H groups in total. The zero-order valence-corrected chi connectivity index (χ0v) is 22.8. The highest BCUT2D eigenvalue weighted by molar-refractivity contribution is 5.95. The lowest BCUT2D eigenvalue weighted by molar-refractivity contribution is -0.186. The van der Waals surface area contributed by atoms with Gasteiger partial charge in [0.1, 0.15) is 6.61 Å². The smallest absolute Gasteiger partial charge is 0.309 e.